The van der Waals surface area contributed by atoms with E-state index in [0.717, 1.165) is 24.3 Å². The highest BCUT2D eigenvalue weighted by atomic mass is 32.2. The summed E-state index contributed by atoms with van der Waals surface area (Å²) in [5.41, 5.74) is 0.697. The van der Waals surface area contributed by atoms with Gasteiger partial charge in [0.15, 0.2) is 0 Å². The SMILES string of the molecule is O=C(Nc1cccc(C(=O)Nc2cccc3c(S(=O)(=O)O)ccc(O)c23)c1)Nc1cccc(C(=O)Nc2cccc3c(S(=O)(=O)O)ccc(O)c23)c1. The molecule has 8 N–H and O–H groups in total. The Morgan fingerprint density at radius 2 is 0.865 bits per heavy atom. The van der Waals surface area contributed by atoms with Crippen molar-refractivity contribution in [3.8, 4) is 11.5 Å². The van der Waals surface area contributed by atoms with Crippen LogP contribution in [0, 0.1) is 0 Å². The number of hydrogen-bond donors (Lipinski definition) is 8. The van der Waals surface area contributed by atoms with E-state index in [-0.39, 0.29) is 66.9 Å². The predicted molar refractivity (Wildman–Crippen MR) is 192 cm³/mol. The van der Waals surface area contributed by atoms with Crippen molar-refractivity contribution in [3.05, 3.63) is 120 Å². The van der Waals surface area contributed by atoms with Crippen LogP contribution in [0.25, 0.3) is 21.5 Å². The third-order valence-corrected chi connectivity index (χ3v) is 9.60. The Morgan fingerprint density at radius 1 is 0.481 bits per heavy atom. The number of anilines is 4. The molecule has 0 heterocycles. The highest BCUT2D eigenvalue weighted by Crippen LogP contribution is 2.37. The molecule has 0 fully saturated rings. The number of benzene rings is 6. The summed E-state index contributed by atoms with van der Waals surface area (Å²) in [6.45, 7) is 0. The zero-order valence-corrected chi connectivity index (χ0v) is 28.0. The molecule has 6 rings (SSSR count). The molecule has 0 bridgehead atoms. The number of aromatic hydroxyl groups is 2. The number of amides is 4. The van der Waals surface area contributed by atoms with Gasteiger partial charge in [-0.25, -0.2) is 4.79 Å². The molecule has 6 aromatic rings. The first-order chi connectivity index (χ1) is 24.6. The summed E-state index contributed by atoms with van der Waals surface area (Å²) in [6, 6.07) is 23.6. The number of urea groups is 1. The Labute approximate surface area is 295 Å². The number of nitrogens with one attached hydrogen (secondary N) is 4. The van der Waals surface area contributed by atoms with Crippen LogP contribution >= 0.6 is 0 Å². The molecule has 0 aliphatic rings. The van der Waals surface area contributed by atoms with Crippen molar-refractivity contribution in [1.29, 1.82) is 0 Å². The normalized spacial score (nSPS) is 11.6. The molecule has 0 atom stereocenters. The van der Waals surface area contributed by atoms with Gasteiger partial charge in [0.2, 0.25) is 0 Å². The molecular weight excluding hydrogens is 717 g/mol. The molecule has 0 radical (unpaired) electrons. The first-order valence-electron chi connectivity index (χ1n) is 15.0. The molecule has 17 heteroatoms. The smallest absolute Gasteiger partial charge is 0.323 e. The average Bonchev–Trinajstić information content (AvgIpc) is 3.07. The Hall–Kier alpha value is -6.53. The lowest BCUT2D eigenvalue weighted by Gasteiger charge is -2.13. The molecule has 0 unspecified atom stereocenters. The van der Waals surface area contributed by atoms with Crippen LogP contribution in [0.3, 0.4) is 0 Å². The van der Waals surface area contributed by atoms with Crippen LogP contribution in [-0.2, 0) is 20.2 Å². The Bertz CT molecular complexity index is 2500. The van der Waals surface area contributed by atoms with Crippen LogP contribution in [0.15, 0.2) is 119 Å². The third-order valence-electron chi connectivity index (χ3n) is 7.77. The van der Waals surface area contributed by atoms with Gasteiger partial charge in [0.25, 0.3) is 32.1 Å². The quantitative estimate of drug-likeness (QED) is 0.0834. The zero-order valence-electron chi connectivity index (χ0n) is 26.4. The van der Waals surface area contributed by atoms with Crippen molar-refractivity contribution in [2.45, 2.75) is 9.79 Å². The van der Waals surface area contributed by atoms with E-state index in [4.69, 9.17) is 0 Å². The minimum Gasteiger partial charge on any atom is -0.507 e. The van der Waals surface area contributed by atoms with Crippen molar-refractivity contribution in [2.24, 2.45) is 0 Å². The lowest BCUT2D eigenvalue weighted by atomic mass is 10.1. The average molecular weight is 743 g/mol. The molecule has 52 heavy (non-hydrogen) atoms. The second-order valence-corrected chi connectivity index (χ2v) is 14.0. The molecule has 264 valence electrons. The topological polar surface area (TPSA) is 249 Å². The number of hydrogen-bond acceptors (Lipinski definition) is 9. The summed E-state index contributed by atoms with van der Waals surface area (Å²) in [7, 11) is -9.28. The first-order valence-corrected chi connectivity index (χ1v) is 17.8. The second kappa shape index (κ2) is 13.6. The van der Waals surface area contributed by atoms with Gasteiger partial charge < -0.3 is 31.5 Å². The van der Waals surface area contributed by atoms with Crippen LogP contribution < -0.4 is 21.3 Å². The fraction of sp³-hybridized carbons (Fsp3) is 0. The molecule has 0 spiro atoms. The number of fused-ring (bicyclic) bond motifs is 2. The van der Waals surface area contributed by atoms with E-state index in [9.17, 15) is 50.5 Å². The van der Waals surface area contributed by atoms with Gasteiger partial charge in [-0.15, -0.1) is 0 Å². The van der Waals surface area contributed by atoms with Crippen molar-refractivity contribution in [2.75, 3.05) is 21.3 Å². The second-order valence-electron chi connectivity index (χ2n) is 11.2. The minimum absolute atomic E-state index is 0.0166. The highest BCUT2D eigenvalue weighted by Gasteiger charge is 2.21. The fourth-order valence-electron chi connectivity index (χ4n) is 5.54. The molecular formula is C35H26N4O11S2. The van der Waals surface area contributed by atoms with Crippen molar-refractivity contribution >= 4 is 82.4 Å². The van der Waals surface area contributed by atoms with Crippen LogP contribution in [0.2, 0.25) is 0 Å². The maximum atomic E-state index is 13.2. The number of carbonyl (C=O) groups excluding carboxylic acids is 3. The first kappa shape index (κ1) is 35.3. The van der Waals surface area contributed by atoms with Crippen molar-refractivity contribution in [3.63, 3.8) is 0 Å². The summed E-state index contributed by atoms with van der Waals surface area (Å²) < 4.78 is 66.6. The van der Waals surface area contributed by atoms with Gasteiger partial charge >= 0.3 is 6.03 Å². The molecule has 15 nitrogen and oxygen atoms in total. The summed E-state index contributed by atoms with van der Waals surface area (Å²) in [5.74, 6) is -2.01. The molecule has 0 aliphatic heterocycles. The Balaban J connectivity index is 1.15. The van der Waals surface area contributed by atoms with Gasteiger partial charge in [0, 0.05) is 44.0 Å². The van der Waals surface area contributed by atoms with E-state index < -0.39 is 47.9 Å². The summed E-state index contributed by atoms with van der Waals surface area (Å²) in [5, 5.41) is 31.2. The minimum atomic E-state index is -4.64. The predicted octanol–water partition coefficient (Wildman–Crippen LogP) is 6.05. The van der Waals surface area contributed by atoms with Crippen molar-refractivity contribution < 1.29 is 50.5 Å². The van der Waals surface area contributed by atoms with E-state index in [2.05, 4.69) is 21.3 Å². The lowest BCUT2D eigenvalue weighted by molar-refractivity contribution is 0.101. The zero-order chi connectivity index (χ0) is 37.4. The number of rotatable bonds is 8. The van der Waals surface area contributed by atoms with Gasteiger partial charge in [-0.05, 0) is 72.8 Å². The summed E-state index contributed by atoms with van der Waals surface area (Å²) >= 11 is 0. The number of phenols is 2. The fourth-order valence-corrected chi connectivity index (χ4v) is 6.92. The molecule has 0 saturated carbocycles. The summed E-state index contributed by atoms with van der Waals surface area (Å²) in [6.07, 6.45) is 0. The maximum absolute atomic E-state index is 13.2. The van der Waals surface area contributed by atoms with Gasteiger partial charge in [-0.3, -0.25) is 18.7 Å². The van der Waals surface area contributed by atoms with Crippen molar-refractivity contribution in [1.82, 2.24) is 0 Å². The molecule has 4 amide bonds. The van der Waals surface area contributed by atoms with Gasteiger partial charge in [-0.1, -0.05) is 36.4 Å². The van der Waals surface area contributed by atoms with Crippen LogP contribution in [-0.4, -0.2) is 54.0 Å². The van der Waals surface area contributed by atoms with E-state index >= 15 is 0 Å². The largest absolute Gasteiger partial charge is 0.507 e. The summed E-state index contributed by atoms with van der Waals surface area (Å²) in [4.78, 5) is 38.4. The van der Waals surface area contributed by atoms with Gasteiger partial charge in [0.1, 0.15) is 21.3 Å². The van der Waals surface area contributed by atoms with Crippen LogP contribution in [0.5, 0.6) is 11.5 Å². The third kappa shape index (κ3) is 7.32. The Morgan fingerprint density at radius 3 is 1.25 bits per heavy atom. The van der Waals surface area contributed by atoms with E-state index in [1.54, 1.807) is 0 Å². The molecule has 0 aliphatic carbocycles. The molecule has 0 aromatic heterocycles. The van der Waals surface area contributed by atoms with Crippen LogP contribution in [0.4, 0.5) is 27.5 Å². The Kier molecular flexibility index (Phi) is 9.26. The maximum Gasteiger partial charge on any atom is 0.323 e. The highest BCUT2D eigenvalue weighted by molar-refractivity contribution is 7.86. The number of carbonyl (C=O) groups is 3. The molecule has 6 aromatic carbocycles. The van der Waals surface area contributed by atoms with Gasteiger partial charge in [-0.2, -0.15) is 16.8 Å². The molecule has 0 saturated heterocycles. The van der Waals surface area contributed by atoms with E-state index in [1.807, 2.05) is 0 Å². The van der Waals surface area contributed by atoms with Gasteiger partial charge in [0.05, 0.1) is 11.4 Å². The number of phenolic OH excluding ortho intramolecular Hbond substituents is 2. The monoisotopic (exact) mass is 742 g/mol. The van der Waals surface area contributed by atoms with E-state index in [0.29, 0.717) is 0 Å². The lowest BCUT2D eigenvalue weighted by Crippen LogP contribution is -2.20. The van der Waals surface area contributed by atoms with Crippen LogP contribution in [0.1, 0.15) is 20.7 Å². The standard InChI is InChI=1S/C35H26N4O11S2/c40-27-13-15-29(51(45,46)47)23-9-3-11-25(31(23)27)38-33(42)19-5-1-7-21(17-19)36-35(44)37-22-8-2-6-20(18-22)34(43)39-26-12-4-10-24-30(52(48,49)50)16-14-28(41)32(24)26/h1-18,40-41H,(H,38,42)(H,39,43)(H2,36,37,44)(H,45,46,47)(H,48,49,50). The van der Waals surface area contributed by atoms with E-state index in [1.165, 1.54) is 84.9 Å².